The van der Waals surface area contributed by atoms with E-state index in [9.17, 15) is 39.0 Å². The molecule has 6 unspecified atom stereocenters. The Bertz CT molecular complexity index is 2360. The molecule has 2 aromatic carbocycles. The molecule has 4 N–H and O–H groups in total. The molecule has 0 saturated carbocycles. The zero-order valence-electron chi connectivity index (χ0n) is 55.5. The summed E-state index contributed by atoms with van der Waals surface area (Å²) in [4.78, 5) is 91.5. The van der Waals surface area contributed by atoms with Gasteiger partial charge < -0.3 is 30.2 Å². The number of Topliss-reactive ketones (excluding diaryl/α,β-unsaturated/α-hetero) is 4. The van der Waals surface area contributed by atoms with Crippen LogP contribution in [0.25, 0.3) is 11.1 Å². The number of carbonyl (C=O) groups is 8. The third kappa shape index (κ3) is 32.0. The van der Waals surface area contributed by atoms with Gasteiger partial charge in [-0.1, -0.05) is 102 Å². The van der Waals surface area contributed by atoms with Crippen LogP contribution in [0.1, 0.15) is 224 Å². The summed E-state index contributed by atoms with van der Waals surface area (Å²) in [5.41, 5.74) is 4.71. The Hall–Kier alpha value is -1.23. The standard InChI is InChI=1S/C22H41IN2O3S.C17H16O2.C14H22N2O3S.C6H12O2.2C3H8.K.Y/c1-21(2,3)23(22(4,5)6)13-16(27)12-11-15(26)9-7-8-10-18-19-17(14-29-18)24-20(28)25-19;1-2-17(18)19-11-16-14-9-5-3-7-12(14)13-8-4-6-10-15(13)16;1-9(17)6-7-10(18)4-2-3-5-12-13-11(8-20-12)15-14(19)16-13;1-5(7)8-6(2,3)4;2*1-3-2;;/h17-19H,7-14,23H2,1-6H3,(H2,24,25,28);3-10,16H,2,11H2,1H3;11-13H,2-8H2,1H3,(H2,15,16,19);1-4H3;2*3H2,1-2H3;;/i23T;;;;;;;. The molecule has 0 spiro atoms. The number of hydrogen-bond acceptors (Lipinski definition) is 12. The molecule has 7 rings (SSSR count). The number of halogens is 1. The van der Waals surface area contributed by atoms with Crippen LogP contribution in [0.3, 0.4) is 0 Å². The predicted octanol–water partition coefficient (Wildman–Crippen LogP) is 13.4. The molecule has 6 atom stereocenters. The van der Waals surface area contributed by atoms with E-state index < -0.39 is 19.6 Å². The van der Waals surface area contributed by atoms with E-state index in [1.165, 1.54) is 48.9 Å². The van der Waals surface area contributed by atoms with Crippen molar-refractivity contribution in [2.45, 2.75) is 260 Å². The van der Waals surface area contributed by atoms with Gasteiger partial charge in [0.2, 0.25) is 0 Å². The average molecular weight is 1430 g/mol. The Labute approximate surface area is 590 Å². The molecular weight excluding hydrogens is 1320 g/mol. The molecule has 19 heteroatoms. The second-order valence-electron chi connectivity index (χ2n) is 24.7. The van der Waals surface area contributed by atoms with E-state index in [4.69, 9.17) is 9.47 Å². The van der Waals surface area contributed by atoms with Crippen molar-refractivity contribution in [3.8, 4) is 11.1 Å². The minimum atomic E-state index is -3.23. The molecule has 4 heterocycles. The van der Waals surface area contributed by atoms with Crippen LogP contribution >= 0.6 is 43.1 Å². The molecule has 0 bridgehead atoms. The van der Waals surface area contributed by atoms with E-state index in [-0.39, 0.29) is 180 Å². The van der Waals surface area contributed by atoms with Gasteiger partial charge >= 0.3 is 197 Å². The Morgan fingerprint density at radius 3 is 1.35 bits per heavy atom. The second-order valence-corrected chi connectivity index (χ2v) is 37.3. The fourth-order valence-corrected chi connectivity index (χ4v) is 22.3. The van der Waals surface area contributed by atoms with Crippen LogP contribution in [0.4, 0.5) is 9.59 Å². The molecular formula is C65H107IKN4O10S2Y. The van der Waals surface area contributed by atoms with Crippen molar-refractivity contribution in [3.05, 3.63) is 59.7 Å². The summed E-state index contributed by atoms with van der Waals surface area (Å²) < 4.78 is 19.4. The fraction of sp³-hybridized carbons (Fsp3) is 0.692. The molecule has 4 fully saturated rings. The normalized spacial score (nSPS) is 19.9. The molecule has 14 nitrogen and oxygen atoms in total. The Morgan fingerprint density at radius 2 is 0.988 bits per heavy atom. The molecule has 84 heavy (non-hydrogen) atoms. The summed E-state index contributed by atoms with van der Waals surface area (Å²) in [6, 6.07) is 17.6. The maximum Gasteiger partial charge on any atom is 0 e. The van der Waals surface area contributed by atoms with E-state index in [0.29, 0.717) is 60.1 Å². The molecule has 4 amide bonds. The third-order valence-electron chi connectivity index (χ3n) is 13.6. The van der Waals surface area contributed by atoms with Crippen molar-refractivity contribution < 1.29 is 80.5 Å². The second kappa shape index (κ2) is 42.7. The molecule has 5 aliphatic rings. The number of fused-ring (bicyclic) bond motifs is 5. The maximum absolute atomic E-state index is 12.6. The minimum absolute atomic E-state index is 0. The molecule has 1 aliphatic carbocycles. The Kier molecular flexibility index (Phi) is 41.1. The molecule has 2 radical (unpaired) electrons. The van der Waals surface area contributed by atoms with Gasteiger partial charge in [-0.05, 0) is 62.8 Å². The maximum atomic E-state index is 12.6. The van der Waals surface area contributed by atoms with Crippen molar-refractivity contribution >= 4 is 142 Å². The first-order valence-electron chi connectivity index (χ1n) is 30.6. The summed E-state index contributed by atoms with van der Waals surface area (Å²) in [6.45, 7) is 31.8. The zero-order chi connectivity index (χ0) is 62.7. The topological polar surface area (TPSA) is 203 Å². The van der Waals surface area contributed by atoms with Crippen LogP contribution in [0.2, 0.25) is 0 Å². The number of rotatable bonds is 21. The zero-order valence-corrected chi connectivity index (χ0v) is 64.4. The van der Waals surface area contributed by atoms with Gasteiger partial charge in [0.1, 0.15) is 23.8 Å². The number of nitrogens with one attached hydrogen (secondary N) is 4. The molecule has 0 aromatic heterocycles. The van der Waals surface area contributed by atoms with Gasteiger partial charge in [0, 0.05) is 134 Å². The van der Waals surface area contributed by atoms with Gasteiger partial charge in [-0.2, -0.15) is 11.8 Å². The number of urea groups is 2. The van der Waals surface area contributed by atoms with Crippen molar-refractivity contribution in [3.63, 3.8) is 0 Å². The van der Waals surface area contributed by atoms with Crippen LogP contribution in [-0.2, 0) is 71.0 Å². The first kappa shape index (κ1) is 80.8. The van der Waals surface area contributed by atoms with Gasteiger partial charge in [-0.25, -0.2) is 9.59 Å². The molecule has 4 saturated heterocycles. The van der Waals surface area contributed by atoms with Gasteiger partial charge in [0.25, 0.3) is 0 Å². The number of ether oxygens (including phenoxy) is 2. The van der Waals surface area contributed by atoms with Crippen molar-refractivity contribution in [2.75, 3.05) is 22.5 Å². The van der Waals surface area contributed by atoms with Gasteiger partial charge in [-0.15, -0.1) is 0 Å². The van der Waals surface area contributed by atoms with Crippen LogP contribution in [0.15, 0.2) is 48.5 Å². The predicted molar refractivity (Wildman–Crippen MR) is 357 cm³/mol. The molecule has 470 valence electrons. The molecule has 4 aliphatic heterocycles. The minimum Gasteiger partial charge on any atom is 0 e. The Morgan fingerprint density at radius 1 is 0.595 bits per heavy atom. The fourth-order valence-electron chi connectivity index (χ4n) is 10.2. The largest absolute Gasteiger partial charge is 0 e. The van der Waals surface area contributed by atoms with Crippen molar-refractivity contribution in [1.82, 2.24) is 21.3 Å². The van der Waals surface area contributed by atoms with E-state index >= 15 is 0 Å². The first-order chi connectivity index (χ1) is 38.9. The summed E-state index contributed by atoms with van der Waals surface area (Å²) in [7, 11) is 0. The number of thioether (sulfide) groups is 2. The quantitative estimate of drug-likeness (QED) is 0.0230. The number of ketones is 4. The van der Waals surface area contributed by atoms with Crippen molar-refractivity contribution in [2.24, 2.45) is 0 Å². The number of unbranched alkanes of at least 4 members (excludes halogenated alkanes) is 2. The van der Waals surface area contributed by atoms with Crippen LogP contribution in [-0.4, -0.2) is 169 Å². The SMILES string of the molecule is CC(=O)CCC(=O)CCCCC1SCC2NC(=O)NC21.CC(=O)OC(C)(C)C.CCC.CCC.CCC(=O)OCC1c2ccccc2-c2ccccc21.[3H][IH](CC(=O)CCC(=O)CCCCC1SCC2NC(=O)NC21)(C(C)(C)C)C(C)(C)C.[K].[Y]. The van der Waals surface area contributed by atoms with Crippen molar-refractivity contribution in [1.29, 1.82) is 0.594 Å². The third-order valence-corrected chi connectivity index (χ3v) is 26.8. The number of hydrogen-bond donors (Lipinski definition) is 4. The van der Waals surface area contributed by atoms with Crippen LogP contribution in [0.5, 0.6) is 0 Å². The van der Waals surface area contributed by atoms with Crippen LogP contribution < -0.4 is 21.3 Å². The monoisotopic (exact) mass is 1420 g/mol. The first-order valence-corrected chi connectivity index (χ1v) is 36.2. The molecule has 2 aromatic rings. The number of esters is 2. The van der Waals surface area contributed by atoms with E-state index in [1.807, 2.05) is 63.4 Å². The van der Waals surface area contributed by atoms with E-state index in [0.717, 1.165) is 50.0 Å². The summed E-state index contributed by atoms with van der Waals surface area (Å²) >= 11 is 0.569. The van der Waals surface area contributed by atoms with E-state index in [2.05, 4.69) is 127 Å². The van der Waals surface area contributed by atoms with Gasteiger partial charge in [0.05, 0.1) is 12.1 Å². The van der Waals surface area contributed by atoms with Gasteiger partial charge in [0.15, 0.2) is 0 Å². The Balaban J connectivity index is 0.00000113. The number of carbonyl (C=O) groups excluding carboxylic acids is 8. The van der Waals surface area contributed by atoms with E-state index in [1.54, 1.807) is 0 Å². The summed E-state index contributed by atoms with van der Waals surface area (Å²) in [6.07, 6.45) is 11.1. The average Bonchev–Trinajstić information content (AvgIpc) is 2.20. The summed E-state index contributed by atoms with van der Waals surface area (Å²) in [5, 5.41) is 12.7. The smallest absolute Gasteiger partial charge is 0 e. The van der Waals surface area contributed by atoms with Gasteiger partial charge in [-0.3, -0.25) is 14.4 Å². The number of amides is 4. The summed E-state index contributed by atoms with van der Waals surface area (Å²) in [5.74, 6) is 2.27. The number of alkyl halides is 3. The number of benzene rings is 2. The van der Waals surface area contributed by atoms with Crippen LogP contribution in [0, 0.1) is 0 Å².